The fourth-order valence-electron chi connectivity index (χ4n) is 2.03. The van der Waals surface area contributed by atoms with Crippen LogP contribution in [-0.4, -0.2) is 6.54 Å². The van der Waals surface area contributed by atoms with Gasteiger partial charge in [0.1, 0.15) is 11.5 Å². The Labute approximate surface area is 136 Å². The molecule has 1 unspecified atom stereocenters. The van der Waals surface area contributed by atoms with Crippen molar-refractivity contribution in [1.82, 2.24) is 5.32 Å². The van der Waals surface area contributed by atoms with Gasteiger partial charge in [-0.2, -0.15) is 0 Å². The zero-order chi connectivity index (χ0) is 15.2. The van der Waals surface area contributed by atoms with Crippen LogP contribution in [0.4, 0.5) is 0 Å². The highest BCUT2D eigenvalue weighted by atomic mass is 35.5. The van der Waals surface area contributed by atoms with Gasteiger partial charge in [-0.25, -0.2) is 0 Å². The summed E-state index contributed by atoms with van der Waals surface area (Å²) in [6.07, 6.45) is 1.13. The number of halogens is 2. The normalized spacial score (nSPS) is 12.2. The highest BCUT2D eigenvalue weighted by Gasteiger charge is 2.05. The van der Waals surface area contributed by atoms with E-state index in [0.29, 0.717) is 21.8 Å². The molecule has 4 heteroatoms. The van der Waals surface area contributed by atoms with Crippen molar-refractivity contribution in [3.8, 4) is 11.5 Å². The number of nitrogens with one attached hydrogen (secondary N) is 1. The maximum absolute atomic E-state index is 5.96. The van der Waals surface area contributed by atoms with E-state index in [-0.39, 0.29) is 0 Å². The zero-order valence-corrected chi connectivity index (χ0v) is 13.7. The van der Waals surface area contributed by atoms with Gasteiger partial charge in [-0.15, -0.1) is 0 Å². The first-order valence-corrected chi connectivity index (χ1v) is 7.81. The highest BCUT2D eigenvalue weighted by Crippen LogP contribution is 2.28. The van der Waals surface area contributed by atoms with E-state index in [2.05, 4.69) is 31.3 Å². The van der Waals surface area contributed by atoms with Gasteiger partial charge in [-0.1, -0.05) is 42.3 Å². The molecule has 2 aromatic carbocycles. The molecular weight excluding hydrogens is 305 g/mol. The van der Waals surface area contributed by atoms with Gasteiger partial charge in [-0.3, -0.25) is 0 Å². The van der Waals surface area contributed by atoms with Crippen molar-refractivity contribution in [2.45, 2.75) is 26.3 Å². The predicted molar refractivity (Wildman–Crippen MR) is 89.7 cm³/mol. The van der Waals surface area contributed by atoms with Crippen molar-refractivity contribution in [3.63, 3.8) is 0 Å². The molecule has 0 spiro atoms. The molecule has 0 aliphatic carbocycles. The van der Waals surface area contributed by atoms with Crippen LogP contribution in [0.5, 0.6) is 11.5 Å². The third kappa shape index (κ3) is 4.92. The Morgan fingerprint density at radius 3 is 2.19 bits per heavy atom. The van der Waals surface area contributed by atoms with Gasteiger partial charge in [0.05, 0.1) is 0 Å². The molecule has 0 aliphatic rings. The lowest BCUT2D eigenvalue weighted by Crippen LogP contribution is -2.19. The summed E-state index contributed by atoms with van der Waals surface area (Å²) in [6.45, 7) is 5.33. The van der Waals surface area contributed by atoms with E-state index in [9.17, 15) is 0 Å². The largest absolute Gasteiger partial charge is 0.457 e. The number of rotatable bonds is 6. The predicted octanol–water partition coefficient (Wildman–Crippen LogP) is 5.85. The first-order valence-electron chi connectivity index (χ1n) is 7.05. The minimum absolute atomic E-state index is 0.333. The van der Waals surface area contributed by atoms with Crippen molar-refractivity contribution in [2.75, 3.05) is 6.54 Å². The Morgan fingerprint density at radius 2 is 1.62 bits per heavy atom. The van der Waals surface area contributed by atoms with Crippen molar-refractivity contribution in [1.29, 1.82) is 0 Å². The molecule has 0 aliphatic heterocycles. The lowest BCUT2D eigenvalue weighted by atomic mass is 10.1. The quantitative estimate of drug-likeness (QED) is 0.720. The first-order chi connectivity index (χ1) is 10.1. The molecule has 2 nitrogen and oxygen atoms in total. The highest BCUT2D eigenvalue weighted by molar-refractivity contribution is 6.34. The summed E-state index contributed by atoms with van der Waals surface area (Å²) < 4.78 is 5.77. The number of hydrogen-bond acceptors (Lipinski definition) is 2. The summed E-state index contributed by atoms with van der Waals surface area (Å²) in [5.41, 5.74) is 1.24. The third-order valence-electron chi connectivity index (χ3n) is 3.15. The van der Waals surface area contributed by atoms with E-state index in [1.807, 2.05) is 12.1 Å². The first kappa shape index (κ1) is 16.2. The maximum atomic E-state index is 5.96. The van der Waals surface area contributed by atoms with Crippen molar-refractivity contribution in [3.05, 3.63) is 58.1 Å². The van der Waals surface area contributed by atoms with Crippen LogP contribution >= 0.6 is 23.2 Å². The van der Waals surface area contributed by atoms with Crippen LogP contribution < -0.4 is 10.1 Å². The van der Waals surface area contributed by atoms with E-state index < -0.39 is 0 Å². The minimum atomic E-state index is 0.333. The average Bonchev–Trinajstić information content (AvgIpc) is 2.44. The smallest absolute Gasteiger partial charge is 0.130 e. The van der Waals surface area contributed by atoms with E-state index in [1.54, 1.807) is 18.2 Å². The molecule has 0 radical (unpaired) electrons. The van der Waals surface area contributed by atoms with Gasteiger partial charge < -0.3 is 10.1 Å². The Morgan fingerprint density at radius 1 is 1.00 bits per heavy atom. The fourth-order valence-corrected chi connectivity index (χ4v) is 2.53. The van der Waals surface area contributed by atoms with E-state index in [1.165, 1.54) is 5.56 Å². The van der Waals surface area contributed by atoms with Crippen molar-refractivity contribution < 1.29 is 4.74 Å². The minimum Gasteiger partial charge on any atom is -0.457 e. The summed E-state index contributed by atoms with van der Waals surface area (Å²) in [6, 6.07) is 13.5. The topological polar surface area (TPSA) is 21.3 Å². The second kappa shape index (κ2) is 7.69. The van der Waals surface area contributed by atoms with Crippen LogP contribution in [0.25, 0.3) is 0 Å². The van der Waals surface area contributed by atoms with E-state index in [4.69, 9.17) is 27.9 Å². The number of hydrogen-bond donors (Lipinski definition) is 1. The van der Waals surface area contributed by atoms with Crippen LogP contribution in [-0.2, 0) is 0 Å². The van der Waals surface area contributed by atoms with Crippen LogP contribution in [0.2, 0.25) is 10.0 Å². The molecule has 0 aromatic heterocycles. The molecule has 0 fully saturated rings. The van der Waals surface area contributed by atoms with Gasteiger partial charge in [0.25, 0.3) is 0 Å². The van der Waals surface area contributed by atoms with Crippen molar-refractivity contribution >= 4 is 23.2 Å². The molecule has 0 heterocycles. The van der Waals surface area contributed by atoms with E-state index in [0.717, 1.165) is 18.7 Å². The summed E-state index contributed by atoms with van der Waals surface area (Å²) in [5.74, 6) is 1.40. The molecule has 112 valence electrons. The molecule has 0 saturated carbocycles. The molecule has 1 atom stereocenters. The molecule has 1 N–H and O–H groups in total. The molecule has 0 bridgehead atoms. The molecule has 2 aromatic rings. The van der Waals surface area contributed by atoms with Gasteiger partial charge in [0, 0.05) is 16.1 Å². The third-order valence-corrected chi connectivity index (χ3v) is 3.59. The van der Waals surface area contributed by atoms with Crippen LogP contribution in [0.15, 0.2) is 42.5 Å². The summed E-state index contributed by atoms with van der Waals surface area (Å²) in [5, 5.41) is 4.58. The second-order valence-electron chi connectivity index (χ2n) is 4.95. The monoisotopic (exact) mass is 323 g/mol. The van der Waals surface area contributed by atoms with Gasteiger partial charge in [-0.05, 0) is 55.8 Å². The van der Waals surface area contributed by atoms with Crippen LogP contribution in [0.3, 0.4) is 0 Å². The number of ether oxygens (including phenoxy) is 1. The second-order valence-corrected chi connectivity index (χ2v) is 5.82. The standard InChI is InChI=1S/C17H19Cl2NO/c1-3-8-20-12(2)13-4-6-16(7-5-13)21-17-10-14(18)9-15(19)11-17/h4-7,9-12,20H,3,8H2,1-2H3. The summed E-state index contributed by atoms with van der Waals surface area (Å²) >= 11 is 11.9. The molecule has 21 heavy (non-hydrogen) atoms. The average molecular weight is 324 g/mol. The Hall–Kier alpha value is -1.22. The SMILES string of the molecule is CCCNC(C)c1ccc(Oc2cc(Cl)cc(Cl)c2)cc1. The van der Waals surface area contributed by atoms with Gasteiger partial charge in [0.2, 0.25) is 0 Å². The lowest BCUT2D eigenvalue weighted by Gasteiger charge is -2.14. The molecule has 2 rings (SSSR count). The molecule has 0 saturated heterocycles. The Bertz CT molecular complexity index is 564. The van der Waals surface area contributed by atoms with Crippen LogP contribution in [0.1, 0.15) is 31.9 Å². The molecule has 0 amide bonds. The summed E-state index contributed by atoms with van der Waals surface area (Å²) in [4.78, 5) is 0. The molecular formula is C17H19Cl2NO. The van der Waals surface area contributed by atoms with Crippen molar-refractivity contribution in [2.24, 2.45) is 0 Å². The summed E-state index contributed by atoms with van der Waals surface area (Å²) in [7, 11) is 0. The zero-order valence-electron chi connectivity index (χ0n) is 12.2. The van der Waals surface area contributed by atoms with E-state index >= 15 is 0 Å². The maximum Gasteiger partial charge on any atom is 0.130 e. The van der Waals surface area contributed by atoms with Gasteiger partial charge in [0.15, 0.2) is 0 Å². The Kier molecular flexibility index (Phi) is 5.92. The lowest BCUT2D eigenvalue weighted by molar-refractivity contribution is 0.482. The van der Waals surface area contributed by atoms with Gasteiger partial charge >= 0.3 is 0 Å². The van der Waals surface area contributed by atoms with Crippen LogP contribution in [0, 0.1) is 0 Å². The Balaban J connectivity index is 2.05. The fraction of sp³-hybridized carbons (Fsp3) is 0.294. The number of benzene rings is 2.